The molecule has 0 saturated carbocycles. The minimum Gasteiger partial charge on any atom is -0.378 e. The third-order valence-electron chi connectivity index (χ3n) is 4.76. The molecule has 2 saturated heterocycles. The lowest BCUT2D eigenvalue weighted by molar-refractivity contribution is -0.127. The van der Waals surface area contributed by atoms with E-state index in [1.165, 1.54) is 0 Å². The molecule has 2 aliphatic rings. The molecule has 0 aliphatic carbocycles. The van der Waals surface area contributed by atoms with E-state index in [0.29, 0.717) is 24.5 Å². The van der Waals surface area contributed by atoms with Crippen LogP contribution in [0.1, 0.15) is 30.6 Å². The number of rotatable bonds is 4. The van der Waals surface area contributed by atoms with Gasteiger partial charge in [-0.05, 0) is 37.5 Å². The van der Waals surface area contributed by atoms with Gasteiger partial charge >= 0.3 is 0 Å². The molecule has 3 rings (SSSR count). The second kappa shape index (κ2) is 7.41. The third kappa shape index (κ3) is 3.93. The smallest absolute Gasteiger partial charge is 0.253 e. The molecule has 0 spiro atoms. The lowest BCUT2D eigenvalue weighted by Gasteiger charge is -2.29. The van der Waals surface area contributed by atoms with Crippen LogP contribution in [0, 0.1) is 5.92 Å². The maximum Gasteiger partial charge on any atom is 0.253 e. The Balaban J connectivity index is 1.78. The number of carbonyl (C=O) groups is 2. The van der Waals surface area contributed by atoms with Crippen LogP contribution in [0.5, 0.6) is 0 Å². The molecule has 136 valence electrons. The molecule has 0 unspecified atom stereocenters. The van der Waals surface area contributed by atoms with Crippen molar-refractivity contribution in [2.24, 2.45) is 11.7 Å². The Bertz CT molecular complexity index is 658. The van der Waals surface area contributed by atoms with Gasteiger partial charge in [-0.15, -0.1) is 0 Å². The van der Waals surface area contributed by atoms with Gasteiger partial charge in [0.2, 0.25) is 0 Å². The summed E-state index contributed by atoms with van der Waals surface area (Å²) >= 11 is 0. The number of benzene rings is 1. The summed E-state index contributed by atoms with van der Waals surface area (Å²) in [4.78, 5) is 26.5. The van der Waals surface area contributed by atoms with Crippen molar-refractivity contribution in [1.82, 2.24) is 0 Å². The average molecular weight is 347 g/mol. The van der Waals surface area contributed by atoms with Crippen LogP contribution in [-0.4, -0.2) is 50.3 Å². The van der Waals surface area contributed by atoms with E-state index in [9.17, 15) is 9.59 Å². The molecule has 2 heterocycles. The average Bonchev–Trinajstić information content (AvgIpc) is 2.94. The minimum absolute atomic E-state index is 0.0602. The van der Waals surface area contributed by atoms with Gasteiger partial charge in [0.1, 0.15) is 6.10 Å². The highest BCUT2D eigenvalue weighted by atomic mass is 16.5. The van der Waals surface area contributed by atoms with E-state index in [0.717, 1.165) is 25.2 Å². The number of carbonyl (C=O) groups excluding carboxylic acids is 2. The van der Waals surface area contributed by atoms with Crippen molar-refractivity contribution < 1.29 is 19.1 Å². The molecular formula is C18H25N3O4. The second-order valence-corrected chi connectivity index (χ2v) is 6.76. The van der Waals surface area contributed by atoms with E-state index >= 15 is 0 Å². The Hall–Kier alpha value is -2.12. The second-order valence-electron chi connectivity index (χ2n) is 6.76. The normalized spacial score (nSPS) is 26.5. The predicted molar refractivity (Wildman–Crippen MR) is 94.7 cm³/mol. The molecule has 1 aromatic carbocycles. The van der Waals surface area contributed by atoms with Gasteiger partial charge in [0.25, 0.3) is 11.8 Å². The van der Waals surface area contributed by atoms with Gasteiger partial charge in [-0.2, -0.15) is 0 Å². The van der Waals surface area contributed by atoms with Gasteiger partial charge in [0.15, 0.2) is 0 Å². The Morgan fingerprint density at radius 3 is 2.56 bits per heavy atom. The Morgan fingerprint density at radius 1 is 1.24 bits per heavy atom. The highest BCUT2D eigenvalue weighted by molar-refractivity contribution is 6.04. The summed E-state index contributed by atoms with van der Waals surface area (Å²) in [6.07, 6.45) is 0.399. The summed E-state index contributed by atoms with van der Waals surface area (Å²) in [5, 5.41) is 2.81. The molecule has 0 radical (unpaired) electrons. The van der Waals surface area contributed by atoms with E-state index in [1.807, 2.05) is 19.9 Å². The van der Waals surface area contributed by atoms with E-state index in [1.54, 1.807) is 12.1 Å². The zero-order valence-corrected chi connectivity index (χ0v) is 14.7. The number of hydrogen-bond acceptors (Lipinski definition) is 5. The van der Waals surface area contributed by atoms with Crippen LogP contribution in [-0.2, 0) is 14.3 Å². The van der Waals surface area contributed by atoms with Crippen molar-refractivity contribution in [3.05, 3.63) is 23.8 Å². The topological polar surface area (TPSA) is 93.9 Å². The van der Waals surface area contributed by atoms with Crippen molar-refractivity contribution in [1.29, 1.82) is 0 Å². The quantitative estimate of drug-likeness (QED) is 0.858. The number of ether oxygens (including phenoxy) is 2. The first-order valence-electron chi connectivity index (χ1n) is 8.68. The zero-order valence-electron chi connectivity index (χ0n) is 14.7. The molecule has 2 amide bonds. The van der Waals surface area contributed by atoms with Gasteiger partial charge in [0, 0.05) is 18.8 Å². The summed E-state index contributed by atoms with van der Waals surface area (Å²) in [7, 11) is 0. The largest absolute Gasteiger partial charge is 0.378 e. The first kappa shape index (κ1) is 17.7. The molecule has 7 heteroatoms. The molecule has 3 N–H and O–H groups in total. The third-order valence-corrected chi connectivity index (χ3v) is 4.76. The fourth-order valence-corrected chi connectivity index (χ4v) is 3.47. The Labute approximate surface area is 147 Å². The zero-order chi connectivity index (χ0) is 18.0. The number of nitrogens with two attached hydrogens (primary N) is 1. The van der Waals surface area contributed by atoms with E-state index in [4.69, 9.17) is 15.2 Å². The fraction of sp³-hybridized carbons (Fsp3) is 0.556. The monoisotopic (exact) mass is 347 g/mol. The highest BCUT2D eigenvalue weighted by Gasteiger charge is 2.35. The fourth-order valence-electron chi connectivity index (χ4n) is 3.47. The molecule has 2 fully saturated rings. The van der Waals surface area contributed by atoms with Crippen LogP contribution in [0.3, 0.4) is 0 Å². The van der Waals surface area contributed by atoms with Crippen molar-refractivity contribution in [3.8, 4) is 0 Å². The Kier molecular flexibility index (Phi) is 5.24. The number of hydrogen-bond donors (Lipinski definition) is 2. The first-order valence-corrected chi connectivity index (χ1v) is 8.68. The van der Waals surface area contributed by atoms with Gasteiger partial charge in [-0.3, -0.25) is 9.59 Å². The summed E-state index contributed by atoms with van der Waals surface area (Å²) in [5.41, 5.74) is 7.15. The molecule has 3 atom stereocenters. The summed E-state index contributed by atoms with van der Waals surface area (Å²) < 4.78 is 11.0. The van der Waals surface area contributed by atoms with Gasteiger partial charge in [-0.1, -0.05) is 6.92 Å². The van der Waals surface area contributed by atoms with E-state index < -0.39 is 12.0 Å². The summed E-state index contributed by atoms with van der Waals surface area (Å²) in [5.74, 6) is -0.669. The molecule has 2 aliphatic heterocycles. The van der Waals surface area contributed by atoms with Crippen LogP contribution >= 0.6 is 0 Å². The molecule has 25 heavy (non-hydrogen) atoms. The van der Waals surface area contributed by atoms with Gasteiger partial charge in [0.05, 0.1) is 30.6 Å². The van der Waals surface area contributed by atoms with Crippen LogP contribution in [0.15, 0.2) is 18.2 Å². The van der Waals surface area contributed by atoms with Crippen LogP contribution < -0.4 is 16.0 Å². The molecule has 0 aromatic heterocycles. The maximum absolute atomic E-state index is 12.5. The Morgan fingerprint density at radius 2 is 1.96 bits per heavy atom. The lowest BCUT2D eigenvalue weighted by atomic mass is 10.0. The van der Waals surface area contributed by atoms with E-state index in [-0.39, 0.29) is 17.9 Å². The van der Waals surface area contributed by atoms with Gasteiger partial charge < -0.3 is 25.4 Å². The number of primary amides is 1. The molecular weight excluding hydrogens is 322 g/mol. The van der Waals surface area contributed by atoms with Gasteiger partial charge in [-0.25, -0.2) is 0 Å². The molecule has 0 bridgehead atoms. The molecule has 7 nitrogen and oxygen atoms in total. The van der Waals surface area contributed by atoms with Crippen molar-refractivity contribution in [2.45, 2.75) is 32.5 Å². The number of nitrogens with one attached hydrogen (secondary N) is 1. The number of morpholine rings is 1. The minimum atomic E-state index is -0.570. The van der Waals surface area contributed by atoms with E-state index in [2.05, 4.69) is 10.2 Å². The standard InChI is InChI=1S/C18H25N3O4/c1-11-9-12(2)25-16(11)18(23)20-15-4-3-13(10-14(15)17(19)22)21-5-7-24-8-6-21/h3-4,10-12,16H,5-9H2,1-2H3,(H2,19,22)(H,20,23)/t11-,12-,16+/m1/s1. The summed E-state index contributed by atoms with van der Waals surface area (Å²) in [6, 6.07) is 5.34. The van der Waals surface area contributed by atoms with Crippen LogP contribution in [0.2, 0.25) is 0 Å². The summed E-state index contributed by atoms with van der Waals surface area (Å²) in [6.45, 7) is 6.77. The predicted octanol–water partition coefficient (Wildman–Crippen LogP) is 1.37. The SMILES string of the molecule is C[C@@H]1C[C@@H](C)[C@@H](C(=O)Nc2ccc(N3CCOCC3)cc2C(N)=O)O1. The van der Waals surface area contributed by atoms with Crippen molar-refractivity contribution in [3.63, 3.8) is 0 Å². The highest BCUT2D eigenvalue weighted by Crippen LogP contribution is 2.28. The number of anilines is 2. The number of amides is 2. The maximum atomic E-state index is 12.5. The lowest BCUT2D eigenvalue weighted by Crippen LogP contribution is -2.36. The van der Waals surface area contributed by atoms with Crippen molar-refractivity contribution >= 4 is 23.2 Å². The first-order chi connectivity index (χ1) is 12.0. The van der Waals surface area contributed by atoms with Crippen LogP contribution in [0.25, 0.3) is 0 Å². The number of nitrogens with zero attached hydrogens (tertiary/aromatic N) is 1. The van der Waals surface area contributed by atoms with Crippen LogP contribution in [0.4, 0.5) is 11.4 Å². The molecule has 1 aromatic rings. The van der Waals surface area contributed by atoms with Crippen molar-refractivity contribution in [2.75, 3.05) is 36.5 Å².